The molecule has 2 aromatic rings. The Morgan fingerprint density at radius 2 is 2.00 bits per heavy atom. The number of nitrogens with zero attached hydrogens (tertiary/aromatic N) is 1. The van der Waals surface area contributed by atoms with E-state index in [1.54, 1.807) is 19.2 Å². The molecule has 2 aromatic carbocycles. The molecular formula is C16H14BrNO2. The zero-order valence-corrected chi connectivity index (χ0v) is 12.7. The van der Waals surface area contributed by atoms with Gasteiger partial charge < -0.3 is 9.47 Å². The van der Waals surface area contributed by atoms with Gasteiger partial charge >= 0.3 is 0 Å². The fourth-order valence-corrected chi connectivity index (χ4v) is 2.17. The number of alkyl halides is 1. The van der Waals surface area contributed by atoms with Crippen LogP contribution in [-0.4, -0.2) is 7.11 Å². The third-order valence-corrected chi connectivity index (χ3v) is 3.49. The summed E-state index contributed by atoms with van der Waals surface area (Å²) in [4.78, 5) is 0. The smallest absolute Gasteiger partial charge is 0.136 e. The van der Waals surface area contributed by atoms with Crippen molar-refractivity contribution >= 4 is 15.9 Å². The first-order valence-electron chi connectivity index (χ1n) is 6.11. The van der Waals surface area contributed by atoms with Gasteiger partial charge in [0.1, 0.15) is 24.2 Å². The van der Waals surface area contributed by atoms with Gasteiger partial charge in [-0.05, 0) is 35.4 Å². The van der Waals surface area contributed by atoms with Crippen molar-refractivity contribution in [2.24, 2.45) is 0 Å². The molecule has 0 atom stereocenters. The molecule has 0 spiro atoms. The quantitative estimate of drug-likeness (QED) is 0.776. The van der Waals surface area contributed by atoms with Gasteiger partial charge in [0.25, 0.3) is 0 Å². The molecule has 0 fully saturated rings. The Morgan fingerprint density at radius 3 is 2.70 bits per heavy atom. The number of hydrogen-bond donors (Lipinski definition) is 0. The minimum atomic E-state index is 0.421. The Kier molecular flexibility index (Phi) is 5.03. The van der Waals surface area contributed by atoms with E-state index in [1.165, 1.54) is 0 Å². The van der Waals surface area contributed by atoms with Crippen LogP contribution >= 0.6 is 15.9 Å². The first-order valence-corrected chi connectivity index (χ1v) is 7.23. The van der Waals surface area contributed by atoms with E-state index >= 15 is 0 Å². The first-order chi connectivity index (χ1) is 9.76. The van der Waals surface area contributed by atoms with Crippen LogP contribution in [0.2, 0.25) is 0 Å². The predicted molar refractivity (Wildman–Crippen MR) is 81.1 cm³/mol. The van der Waals surface area contributed by atoms with Gasteiger partial charge in [-0.3, -0.25) is 0 Å². The normalized spacial score (nSPS) is 9.85. The summed E-state index contributed by atoms with van der Waals surface area (Å²) >= 11 is 3.42. The van der Waals surface area contributed by atoms with Crippen LogP contribution in [-0.2, 0) is 11.9 Å². The first kappa shape index (κ1) is 14.4. The molecule has 0 aliphatic carbocycles. The van der Waals surface area contributed by atoms with Crippen molar-refractivity contribution in [3.05, 3.63) is 59.2 Å². The summed E-state index contributed by atoms with van der Waals surface area (Å²) in [5.74, 6) is 1.40. The third-order valence-electron chi connectivity index (χ3n) is 2.84. The van der Waals surface area contributed by atoms with Crippen molar-refractivity contribution < 1.29 is 9.47 Å². The number of hydrogen-bond acceptors (Lipinski definition) is 3. The maximum atomic E-state index is 9.05. The number of methoxy groups -OCH3 is 1. The maximum Gasteiger partial charge on any atom is 0.136 e. The molecule has 0 saturated carbocycles. The number of benzene rings is 2. The molecule has 0 N–H and O–H groups in total. The summed E-state index contributed by atoms with van der Waals surface area (Å²) in [6, 6.07) is 15.5. The van der Waals surface area contributed by atoms with E-state index in [1.807, 2.05) is 30.3 Å². The number of nitriles is 1. The molecule has 0 amide bonds. The second-order valence-corrected chi connectivity index (χ2v) is 4.78. The van der Waals surface area contributed by atoms with Crippen LogP contribution in [0.3, 0.4) is 0 Å². The van der Waals surface area contributed by atoms with E-state index in [4.69, 9.17) is 14.7 Å². The molecule has 0 bridgehead atoms. The summed E-state index contributed by atoms with van der Waals surface area (Å²) in [5, 5.41) is 9.85. The van der Waals surface area contributed by atoms with E-state index in [9.17, 15) is 0 Å². The van der Waals surface area contributed by atoms with Crippen molar-refractivity contribution in [2.75, 3.05) is 7.11 Å². The lowest BCUT2D eigenvalue weighted by molar-refractivity contribution is 0.305. The lowest BCUT2D eigenvalue weighted by Crippen LogP contribution is -1.97. The van der Waals surface area contributed by atoms with Crippen LogP contribution in [0.4, 0.5) is 0 Å². The van der Waals surface area contributed by atoms with Gasteiger partial charge in [0, 0.05) is 5.33 Å². The SMILES string of the molecule is COc1ccc(COc2cccc(CBr)c2)cc1C#N. The summed E-state index contributed by atoms with van der Waals surface area (Å²) in [7, 11) is 1.55. The zero-order valence-electron chi connectivity index (χ0n) is 11.1. The zero-order chi connectivity index (χ0) is 14.4. The van der Waals surface area contributed by atoms with Crippen molar-refractivity contribution in [3.8, 4) is 17.6 Å². The molecule has 3 nitrogen and oxygen atoms in total. The van der Waals surface area contributed by atoms with Crippen molar-refractivity contribution in [1.29, 1.82) is 5.26 Å². The van der Waals surface area contributed by atoms with E-state index in [0.717, 1.165) is 22.2 Å². The van der Waals surface area contributed by atoms with Crippen LogP contribution in [0, 0.1) is 11.3 Å². The molecule has 0 heterocycles. The highest BCUT2D eigenvalue weighted by molar-refractivity contribution is 9.08. The molecular weight excluding hydrogens is 318 g/mol. The minimum Gasteiger partial charge on any atom is -0.495 e. The molecule has 102 valence electrons. The van der Waals surface area contributed by atoms with Gasteiger partial charge in [-0.1, -0.05) is 34.1 Å². The second-order valence-electron chi connectivity index (χ2n) is 4.22. The van der Waals surface area contributed by atoms with Gasteiger partial charge in [0.05, 0.1) is 12.7 Å². The fourth-order valence-electron chi connectivity index (χ4n) is 1.82. The highest BCUT2D eigenvalue weighted by atomic mass is 79.9. The average Bonchev–Trinajstić information content (AvgIpc) is 2.52. The topological polar surface area (TPSA) is 42.2 Å². The highest BCUT2D eigenvalue weighted by Crippen LogP contribution is 2.21. The lowest BCUT2D eigenvalue weighted by Gasteiger charge is -2.09. The van der Waals surface area contributed by atoms with E-state index in [2.05, 4.69) is 22.0 Å². The van der Waals surface area contributed by atoms with Crippen LogP contribution in [0.25, 0.3) is 0 Å². The van der Waals surface area contributed by atoms with Crippen LogP contribution in [0.1, 0.15) is 16.7 Å². The molecule has 4 heteroatoms. The Labute approximate surface area is 126 Å². The summed E-state index contributed by atoms with van der Waals surface area (Å²) < 4.78 is 10.9. The van der Waals surface area contributed by atoms with Gasteiger partial charge in [-0.2, -0.15) is 5.26 Å². The highest BCUT2D eigenvalue weighted by Gasteiger charge is 2.04. The summed E-state index contributed by atoms with van der Waals surface area (Å²) in [5.41, 5.74) is 2.62. The lowest BCUT2D eigenvalue weighted by atomic mass is 10.1. The van der Waals surface area contributed by atoms with E-state index < -0.39 is 0 Å². The van der Waals surface area contributed by atoms with Crippen LogP contribution in [0.15, 0.2) is 42.5 Å². The standard InChI is InChI=1S/C16H14BrNO2/c1-19-16-6-5-13(7-14(16)10-18)11-20-15-4-2-3-12(8-15)9-17/h2-8H,9,11H2,1H3. The van der Waals surface area contributed by atoms with Crippen LogP contribution < -0.4 is 9.47 Å². The second kappa shape index (κ2) is 6.97. The molecule has 0 radical (unpaired) electrons. The van der Waals surface area contributed by atoms with Gasteiger partial charge in [0.15, 0.2) is 0 Å². The van der Waals surface area contributed by atoms with Crippen molar-refractivity contribution in [2.45, 2.75) is 11.9 Å². The Morgan fingerprint density at radius 1 is 1.15 bits per heavy atom. The number of rotatable bonds is 5. The largest absolute Gasteiger partial charge is 0.495 e. The molecule has 2 rings (SSSR count). The predicted octanol–water partition coefficient (Wildman–Crippen LogP) is 4.04. The van der Waals surface area contributed by atoms with Crippen molar-refractivity contribution in [1.82, 2.24) is 0 Å². The van der Waals surface area contributed by atoms with Crippen molar-refractivity contribution in [3.63, 3.8) is 0 Å². The van der Waals surface area contributed by atoms with Gasteiger partial charge in [-0.25, -0.2) is 0 Å². The molecule has 0 saturated heterocycles. The molecule has 20 heavy (non-hydrogen) atoms. The molecule has 0 aliphatic rings. The van der Waals surface area contributed by atoms with Crippen LogP contribution in [0.5, 0.6) is 11.5 Å². The van der Waals surface area contributed by atoms with Gasteiger partial charge in [0.2, 0.25) is 0 Å². The Hall–Kier alpha value is -1.99. The number of ether oxygens (including phenoxy) is 2. The maximum absolute atomic E-state index is 9.05. The molecule has 0 unspecified atom stereocenters. The number of halogens is 1. The van der Waals surface area contributed by atoms with E-state index in [-0.39, 0.29) is 0 Å². The minimum absolute atomic E-state index is 0.421. The summed E-state index contributed by atoms with van der Waals surface area (Å²) in [6.07, 6.45) is 0. The average molecular weight is 332 g/mol. The third kappa shape index (κ3) is 3.52. The summed E-state index contributed by atoms with van der Waals surface area (Å²) in [6.45, 7) is 0.421. The monoisotopic (exact) mass is 331 g/mol. The Bertz CT molecular complexity index is 635. The van der Waals surface area contributed by atoms with Gasteiger partial charge in [-0.15, -0.1) is 0 Å². The molecule has 0 aromatic heterocycles. The van der Waals surface area contributed by atoms with E-state index in [0.29, 0.717) is 17.9 Å². The Balaban J connectivity index is 2.09. The molecule has 0 aliphatic heterocycles. The fraction of sp³-hybridized carbons (Fsp3) is 0.188.